The van der Waals surface area contributed by atoms with Gasteiger partial charge in [0.15, 0.2) is 5.65 Å². The maximum Gasteiger partial charge on any atom is 0.160 e. The minimum absolute atomic E-state index is 0.514. The third-order valence-corrected chi connectivity index (χ3v) is 5.36. The van der Waals surface area contributed by atoms with Gasteiger partial charge in [0.25, 0.3) is 0 Å². The van der Waals surface area contributed by atoms with Crippen LogP contribution in [0.4, 0.5) is 0 Å². The maximum absolute atomic E-state index is 4.96. The van der Waals surface area contributed by atoms with Crippen molar-refractivity contribution in [1.82, 2.24) is 24.8 Å². The van der Waals surface area contributed by atoms with Gasteiger partial charge in [0.2, 0.25) is 0 Å². The van der Waals surface area contributed by atoms with E-state index < -0.39 is 0 Å². The van der Waals surface area contributed by atoms with Gasteiger partial charge in [0, 0.05) is 25.2 Å². The zero-order valence-corrected chi connectivity index (χ0v) is 14.0. The normalized spacial score (nSPS) is 26.7. The number of aromatic nitrogens is 3. The Bertz CT molecular complexity index is 658. The summed E-state index contributed by atoms with van der Waals surface area (Å²) in [6.45, 7) is 4.61. The van der Waals surface area contributed by atoms with Crippen LogP contribution in [0.5, 0.6) is 0 Å². The predicted molar refractivity (Wildman–Crippen MR) is 92.6 cm³/mol. The molecule has 0 spiro atoms. The van der Waals surface area contributed by atoms with E-state index in [4.69, 9.17) is 4.98 Å². The molecule has 2 fully saturated rings. The highest BCUT2D eigenvalue weighted by molar-refractivity contribution is 5.71. The fourth-order valence-corrected chi connectivity index (χ4v) is 4.21. The summed E-state index contributed by atoms with van der Waals surface area (Å²) < 4.78 is 2.46. The quantitative estimate of drug-likeness (QED) is 0.944. The van der Waals surface area contributed by atoms with Crippen molar-refractivity contribution < 1.29 is 0 Å². The molecule has 5 heteroatoms. The van der Waals surface area contributed by atoms with Crippen molar-refractivity contribution in [3.8, 4) is 0 Å². The number of likely N-dealkylation sites (tertiary alicyclic amines) is 1. The summed E-state index contributed by atoms with van der Waals surface area (Å²) in [4.78, 5) is 12.1. The first-order valence-corrected chi connectivity index (χ1v) is 9.02. The number of piperidine rings is 2. The average Bonchev–Trinajstić information content (AvgIpc) is 2.93. The molecule has 2 atom stereocenters. The Hall–Kier alpha value is -1.46. The van der Waals surface area contributed by atoms with Gasteiger partial charge in [-0.25, -0.2) is 9.97 Å². The van der Waals surface area contributed by atoms with Gasteiger partial charge in [-0.15, -0.1) is 0 Å². The Morgan fingerprint density at radius 3 is 3.09 bits per heavy atom. The summed E-state index contributed by atoms with van der Waals surface area (Å²) in [5.74, 6) is 1.95. The first kappa shape index (κ1) is 15.1. The number of hydrogen-bond acceptors (Lipinski definition) is 4. The largest absolute Gasteiger partial charge is 0.316 e. The van der Waals surface area contributed by atoms with Crippen LogP contribution in [0.25, 0.3) is 11.2 Å². The van der Waals surface area contributed by atoms with Gasteiger partial charge in [-0.3, -0.25) is 0 Å². The summed E-state index contributed by atoms with van der Waals surface area (Å²) in [6.07, 6.45) is 8.08. The third-order valence-electron chi connectivity index (χ3n) is 5.36. The highest BCUT2D eigenvalue weighted by Gasteiger charge is 2.26. The van der Waals surface area contributed by atoms with Crippen LogP contribution in [0.15, 0.2) is 18.3 Å². The molecule has 0 saturated carbocycles. The fraction of sp³-hybridized carbons (Fsp3) is 0.667. The van der Waals surface area contributed by atoms with E-state index in [2.05, 4.69) is 32.9 Å². The maximum atomic E-state index is 4.96. The minimum atomic E-state index is 0.514. The molecule has 2 unspecified atom stereocenters. The van der Waals surface area contributed by atoms with E-state index in [1.165, 1.54) is 44.6 Å². The van der Waals surface area contributed by atoms with Crippen molar-refractivity contribution in [3.05, 3.63) is 24.2 Å². The summed E-state index contributed by atoms with van der Waals surface area (Å²) in [5.41, 5.74) is 2.13. The van der Waals surface area contributed by atoms with E-state index >= 15 is 0 Å². The van der Waals surface area contributed by atoms with Crippen LogP contribution in [-0.4, -0.2) is 52.7 Å². The Kier molecular flexibility index (Phi) is 4.31. The Morgan fingerprint density at radius 1 is 1.30 bits per heavy atom. The first-order chi connectivity index (χ1) is 11.3. The van der Waals surface area contributed by atoms with E-state index in [-0.39, 0.29) is 0 Å². The van der Waals surface area contributed by atoms with Gasteiger partial charge in [-0.05, 0) is 70.4 Å². The second-order valence-corrected chi connectivity index (χ2v) is 7.22. The molecule has 1 N–H and O–H groups in total. The van der Waals surface area contributed by atoms with Crippen LogP contribution in [0.1, 0.15) is 37.5 Å². The summed E-state index contributed by atoms with van der Waals surface area (Å²) in [5, 5.41) is 3.53. The second-order valence-electron chi connectivity index (χ2n) is 7.22. The molecule has 4 rings (SSSR count). The number of nitrogens with one attached hydrogen (secondary N) is 1. The lowest BCUT2D eigenvalue weighted by molar-refractivity contribution is 0.210. The number of hydrogen-bond donors (Lipinski definition) is 1. The number of rotatable bonds is 3. The molecule has 5 nitrogen and oxygen atoms in total. The molecule has 2 aliphatic heterocycles. The van der Waals surface area contributed by atoms with Crippen LogP contribution < -0.4 is 5.32 Å². The number of pyridine rings is 1. The number of imidazole rings is 1. The Morgan fingerprint density at radius 2 is 2.26 bits per heavy atom. The third kappa shape index (κ3) is 3.12. The van der Waals surface area contributed by atoms with Gasteiger partial charge < -0.3 is 14.8 Å². The molecule has 0 radical (unpaired) electrons. The van der Waals surface area contributed by atoms with Crippen molar-refractivity contribution in [1.29, 1.82) is 0 Å². The van der Waals surface area contributed by atoms with Crippen molar-refractivity contribution in [2.45, 2.75) is 38.1 Å². The molecule has 0 aromatic carbocycles. The molecule has 2 aromatic rings. The van der Waals surface area contributed by atoms with E-state index in [1.54, 1.807) is 0 Å². The Labute approximate surface area is 138 Å². The van der Waals surface area contributed by atoms with Gasteiger partial charge in [0.1, 0.15) is 11.3 Å². The minimum Gasteiger partial charge on any atom is -0.316 e. The molecule has 23 heavy (non-hydrogen) atoms. The molecule has 2 saturated heterocycles. The first-order valence-electron chi connectivity index (χ1n) is 9.02. The lowest BCUT2D eigenvalue weighted by Crippen LogP contribution is -2.35. The van der Waals surface area contributed by atoms with Gasteiger partial charge in [0.05, 0.1) is 0 Å². The van der Waals surface area contributed by atoms with Crippen molar-refractivity contribution in [2.75, 3.05) is 33.2 Å². The highest BCUT2D eigenvalue weighted by Crippen LogP contribution is 2.28. The predicted octanol–water partition coefficient (Wildman–Crippen LogP) is 2.24. The van der Waals surface area contributed by atoms with E-state index in [9.17, 15) is 0 Å². The molecule has 2 aromatic heterocycles. The van der Waals surface area contributed by atoms with E-state index in [0.717, 1.165) is 30.7 Å². The summed E-state index contributed by atoms with van der Waals surface area (Å²) in [7, 11) is 2.23. The monoisotopic (exact) mass is 313 g/mol. The standard InChI is InChI=1S/C18H27N5/c1-22-10-4-6-15(13-22)23-17(11-14-5-2-8-19-12-14)21-16-7-3-9-20-18(16)23/h3,7,9,14-15,19H,2,4-6,8,10-13H2,1H3. The number of nitrogens with zero attached hydrogens (tertiary/aromatic N) is 4. The molecule has 0 bridgehead atoms. The average molecular weight is 313 g/mol. The molecule has 124 valence electrons. The van der Waals surface area contributed by atoms with Crippen LogP contribution in [0.2, 0.25) is 0 Å². The molecule has 4 heterocycles. The van der Waals surface area contributed by atoms with Crippen LogP contribution in [-0.2, 0) is 6.42 Å². The van der Waals surface area contributed by atoms with Gasteiger partial charge in [-0.2, -0.15) is 0 Å². The lowest BCUT2D eigenvalue weighted by atomic mass is 9.95. The van der Waals surface area contributed by atoms with Crippen molar-refractivity contribution in [3.63, 3.8) is 0 Å². The van der Waals surface area contributed by atoms with E-state index in [1.807, 2.05) is 12.3 Å². The molecule has 0 amide bonds. The van der Waals surface area contributed by atoms with E-state index in [0.29, 0.717) is 12.0 Å². The fourth-order valence-electron chi connectivity index (χ4n) is 4.21. The van der Waals surface area contributed by atoms with Crippen LogP contribution >= 0.6 is 0 Å². The lowest BCUT2D eigenvalue weighted by Gasteiger charge is -2.32. The molecule has 0 aliphatic carbocycles. The molecular formula is C18H27N5. The molecular weight excluding hydrogens is 286 g/mol. The smallest absolute Gasteiger partial charge is 0.160 e. The second kappa shape index (κ2) is 6.57. The zero-order chi connectivity index (χ0) is 15.6. The highest BCUT2D eigenvalue weighted by atomic mass is 15.2. The number of fused-ring (bicyclic) bond motifs is 1. The Balaban J connectivity index is 1.68. The van der Waals surface area contributed by atoms with Crippen molar-refractivity contribution in [2.24, 2.45) is 5.92 Å². The zero-order valence-electron chi connectivity index (χ0n) is 14.0. The number of likely N-dealkylation sites (N-methyl/N-ethyl adjacent to an activating group) is 1. The summed E-state index contributed by atoms with van der Waals surface area (Å²) in [6, 6.07) is 4.62. The van der Waals surface area contributed by atoms with Crippen LogP contribution in [0.3, 0.4) is 0 Å². The topological polar surface area (TPSA) is 46.0 Å². The van der Waals surface area contributed by atoms with Crippen molar-refractivity contribution >= 4 is 11.2 Å². The van der Waals surface area contributed by atoms with Gasteiger partial charge in [-0.1, -0.05) is 0 Å². The SMILES string of the molecule is CN1CCCC(n2c(CC3CCCNC3)nc3cccnc32)C1. The van der Waals surface area contributed by atoms with Crippen LogP contribution in [0, 0.1) is 5.92 Å². The summed E-state index contributed by atoms with van der Waals surface area (Å²) >= 11 is 0. The van der Waals surface area contributed by atoms with Gasteiger partial charge >= 0.3 is 0 Å². The molecule has 2 aliphatic rings.